The molecule has 0 saturated carbocycles. The summed E-state index contributed by atoms with van der Waals surface area (Å²) in [6.45, 7) is 2.09. The number of nitrogens with zero attached hydrogens (tertiary/aromatic N) is 1. The summed E-state index contributed by atoms with van der Waals surface area (Å²) in [5, 5.41) is 2.16. The van der Waals surface area contributed by atoms with Crippen molar-refractivity contribution in [2.24, 2.45) is 5.73 Å². The highest BCUT2D eigenvalue weighted by Gasteiger charge is 2.32. The molecule has 0 aliphatic rings. The largest absolute Gasteiger partial charge is 0.447 e. The van der Waals surface area contributed by atoms with Crippen LogP contribution in [-0.4, -0.2) is 29.0 Å². The number of nitrogens with one attached hydrogen (secondary N) is 1. The molecular weight excluding hydrogens is 315 g/mol. The normalized spacial score (nSPS) is 12.4. The first-order chi connectivity index (χ1) is 8.79. The summed E-state index contributed by atoms with van der Waals surface area (Å²) in [6.07, 6.45) is 1.76. The van der Waals surface area contributed by atoms with Crippen molar-refractivity contribution in [1.82, 2.24) is 10.3 Å². The van der Waals surface area contributed by atoms with Crippen molar-refractivity contribution >= 4 is 30.1 Å². The topological polar surface area (TPSA) is 68.0 Å². The molecule has 0 saturated heterocycles. The maximum absolute atomic E-state index is 12.3. The first kappa shape index (κ1) is 19.0. The van der Waals surface area contributed by atoms with Gasteiger partial charge in [-0.25, -0.2) is 4.98 Å². The fraction of sp³-hybridized carbons (Fsp3) is 0.455. The first-order valence-corrected chi connectivity index (χ1v) is 6.36. The molecular formula is C11H15ClF3N3OS. The third-order valence-corrected chi connectivity index (χ3v) is 2.86. The third kappa shape index (κ3) is 6.97. The van der Waals surface area contributed by atoms with Gasteiger partial charge in [-0.2, -0.15) is 13.2 Å². The Balaban J connectivity index is 0.00000361. The molecule has 0 radical (unpaired) electrons. The number of alkyl halides is 3. The van der Waals surface area contributed by atoms with Gasteiger partial charge in [0.15, 0.2) is 0 Å². The fourth-order valence-electron chi connectivity index (χ4n) is 1.26. The van der Waals surface area contributed by atoms with Gasteiger partial charge in [0, 0.05) is 30.5 Å². The van der Waals surface area contributed by atoms with Crippen molar-refractivity contribution in [3.63, 3.8) is 0 Å². The van der Waals surface area contributed by atoms with E-state index in [2.05, 4.69) is 10.3 Å². The van der Waals surface area contributed by atoms with E-state index >= 15 is 0 Å². The highest BCUT2D eigenvalue weighted by molar-refractivity contribution is 8.00. The van der Waals surface area contributed by atoms with E-state index in [1.165, 1.54) is 18.3 Å². The molecule has 0 spiro atoms. The smallest absolute Gasteiger partial charge is 0.352 e. The summed E-state index contributed by atoms with van der Waals surface area (Å²) in [4.78, 5) is 15.3. The summed E-state index contributed by atoms with van der Waals surface area (Å²) in [7, 11) is 0. The number of nitrogens with two attached hydrogens (primary N) is 1. The van der Waals surface area contributed by atoms with Crippen LogP contribution in [0.15, 0.2) is 23.4 Å². The van der Waals surface area contributed by atoms with Crippen LogP contribution in [0.4, 0.5) is 13.2 Å². The summed E-state index contributed by atoms with van der Waals surface area (Å²) in [6, 6.07) is 2.64. The van der Waals surface area contributed by atoms with Gasteiger partial charge in [-0.3, -0.25) is 4.79 Å². The minimum absolute atomic E-state index is 0. The molecule has 3 N–H and O–H groups in total. The number of thioether (sulfide) groups is 1. The van der Waals surface area contributed by atoms with E-state index in [-0.39, 0.29) is 29.0 Å². The maximum Gasteiger partial charge on any atom is 0.447 e. The number of pyridine rings is 1. The van der Waals surface area contributed by atoms with Gasteiger partial charge in [0.1, 0.15) is 5.03 Å². The number of carbonyl (C=O) groups excluding carboxylic acids is 1. The lowest BCUT2D eigenvalue weighted by Gasteiger charge is -2.11. The van der Waals surface area contributed by atoms with E-state index in [1.807, 2.05) is 0 Å². The first-order valence-electron chi connectivity index (χ1n) is 5.54. The molecule has 1 aromatic rings. The van der Waals surface area contributed by atoms with Gasteiger partial charge in [0.2, 0.25) is 0 Å². The van der Waals surface area contributed by atoms with Crippen molar-refractivity contribution < 1.29 is 18.0 Å². The molecule has 114 valence electrons. The number of hydrogen-bond acceptors (Lipinski definition) is 4. The van der Waals surface area contributed by atoms with Crippen LogP contribution < -0.4 is 11.1 Å². The van der Waals surface area contributed by atoms with Crippen LogP contribution in [0, 0.1) is 0 Å². The summed E-state index contributed by atoms with van der Waals surface area (Å²) < 4.78 is 37.0. The molecule has 1 heterocycles. The molecule has 0 aliphatic carbocycles. The molecule has 1 unspecified atom stereocenters. The number of halogens is 4. The average Bonchev–Trinajstić information content (AvgIpc) is 2.26. The van der Waals surface area contributed by atoms with Crippen LogP contribution >= 0.6 is 24.2 Å². The van der Waals surface area contributed by atoms with E-state index < -0.39 is 23.2 Å². The Kier molecular flexibility index (Phi) is 7.92. The molecule has 0 fully saturated rings. The zero-order chi connectivity index (χ0) is 14.5. The number of amides is 1. The lowest BCUT2D eigenvalue weighted by molar-refractivity contribution is -0.0329. The maximum atomic E-state index is 12.3. The summed E-state index contributed by atoms with van der Waals surface area (Å²) in [5.74, 6) is -0.583. The van der Waals surface area contributed by atoms with Crippen LogP contribution in [0.1, 0.15) is 23.7 Å². The Morgan fingerprint density at radius 3 is 2.75 bits per heavy atom. The zero-order valence-corrected chi connectivity index (χ0v) is 12.2. The molecule has 1 amide bonds. The Bertz CT molecular complexity index is 443. The standard InChI is InChI=1S/C11H14F3N3OS.ClH/c1-7(15)4-6-16-9(18)8-3-2-5-17-10(8)19-11(12,13)14;/h2-3,5,7H,4,6,15H2,1H3,(H,16,18);1H. The van der Waals surface area contributed by atoms with Gasteiger partial charge >= 0.3 is 5.51 Å². The second-order valence-electron chi connectivity index (χ2n) is 3.93. The molecule has 20 heavy (non-hydrogen) atoms. The Hall–Kier alpha value is -0.990. The van der Waals surface area contributed by atoms with E-state index in [9.17, 15) is 18.0 Å². The summed E-state index contributed by atoms with van der Waals surface area (Å²) >= 11 is -0.401. The minimum Gasteiger partial charge on any atom is -0.352 e. The molecule has 9 heteroatoms. The molecule has 0 aromatic carbocycles. The van der Waals surface area contributed by atoms with E-state index in [4.69, 9.17) is 5.73 Å². The molecule has 0 aliphatic heterocycles. The zero-order valence-electron chi connectivity index (χ0n) is 10.6. The Labute approximate surface area is 125 Å². The van der Waals surface area contributed by atoms with Crippen LogP contribution in [0.5, 0.6) is 0 Å². The van der Waals surface area contributed by atoms with Crippen molar-refractivity contribution in [3.8, 4) is 0 Å². The van der Waals surface area contributed by atoms with Crippen molar-refractivity contribution in [3.05, 3.63) is 23.9 Å². The SMILES string of the molecule is CC(N)CCNC(=O)c1cccnc1SC(F)(F)F.Cl. The van der Waals surface area contributed by atoms with E-state index in [1.54, 1.807) is 6.92 Å². The van der Waals surface area contributed by atoms with Gasteiger partial charge in [0.25, 0.3) is 5.91 Å². The molecule has 4 nitrogen and oxygen atoms in total. The lowest BCUT2D eigenvalue weighted by Crippen LogP contribution is -2.29. The Morgan fingerprint density at radius 1 is 1.55 bits per heavy atom. The predicted octanol–water partition coefficient (Wildman–Crippen LogP) is 2.58. The van der Waals surface area contributed by atoms with Crippen molar-refractivity contribution in [2.75, 3.05) is 6.54 Å². The second kappa shape index (κ2) is 8.33. The fourth-order valence-corrected chi connectivity index (χ4v) is 1.87. The van der Waals surface area contributed by atoms with Gasteiger partial charge in [-0.05, 0) is 25.5 Å². The van der Waals surface area contributed by atoms with Crippen LogP contribution in [0.3, 0.4) is 0 Å². The summed E-state index contributed by atoms with van der Waals surface area (Å²) in [5.41, 5.74) is 0.948. The lowest BCUT2D eigenvalue weighted by atomic mass is 10.2. The predicted molar refractivity (Wildman–Crippen MR) is 74.0 cm³/mol. The quantitative estimate of drug-likeness (QED) is 0.815. The second-order valence-corrected chi connectivity index (χ2v) is 4.98. The molecule has 1 aromatic heterocycles. The number of carbonyl (C=O) groups is 1. The van der Waals surface area contributed by atoms with Crippen LogP contribution in [-0.2, 0) is 0 Å². The van der Waals surface area contributed by atoms with Gasteiger partial charge in [-0.1, -0.05) is 0 Å². The van der Waals surface area contributed by atoms with Crippen LogP contribution in [0.25, 0.3) is 0 Å². The van der Waals surface area contributed by atoms with Crippen molar-refractivity contribution in [2.45, 2.75) is 29.9 Å². The van der Waals surface area contributed by atoms with Gasteiger partial charge in [0.05, 0.1) is 5.56 Å². The van der Waals surface area contributed by atoms with Gasteiger partial charge in [-0.15, -0.1) is 12.4 Å². The third-order valence-electron chi connectivity index (χ3n) is 2.11. The Morgan fingerprint density at radius 2 is 2.20 bits per heavy atom. The molecule has 0 bridgehead atoms. The number of rotatable bonds is 5. The number of hydrogen-bond donors (Lipinski definition) is 2. The van der Waals surface area contributed by atoms with Crippen LogP contribution in [0.2, 0.25) is 0 Å². The molecule has 1 rings (SSSR count). The minimum atomic E-state index is -4.48. The number of aromatic nitrogens is 1. The molecule has 1 atom stereocenters. The highest BCUT2D eigenvalue weighted by atomic mass is 35.5. The average molecular weight is 330 g/mol. The van der Waals surface area contributed by atoms with E-state index in [0.29, 0.717) is 13.0 Å². The van der Waals surface area contributed by atoms with E-state index in [0.717, 1.165) is 0 Å². The van der Waals surface area contributed by atoms with Crippen molar-refractivity contribution in [1.29, 1.82) is 0 Å². The monoisotopic (exact) mass is 329 g/mol. The highest BCUT2D eigenvalue weighted by Crippen LogP contribution is 2.37. The van der Waals surface area contributed by atoms with Gasteiger partial charge < -0.3 is 11.1 Å².